The first-order valence-corrected chi connectivity index (χ1v) is 6.35. The molecule has 0 bridgehead atoms. The lowest BCUT2D eigenvalue weighted by Crippen LogP contribution is -2.14. The summed E-state index contributed by atoms with van der Waals surface area (Å²) in [5.74, 6) is 0. The van der Waals surface area contributed by atoms with Gasteiger partial charge in [-0.15, -0.1) is 0 Å². The van der Waals surface area contributed by atoms with Crippen LogP contribution >= 0.6 is 0 Å². The maximum absolute atomic E-state index is 5.60. The molecule has 2 nitrogen and oxygen atoms in total. The molecule has 17 heavy (non-hydrogen) atoms. The molecule has 2 heteroatoms. The van der Waals surface area contributed by atoms with Crippen molar-refractivity contribution >= 4 is 6.08 Å². The summed E-state index contributed by atoms with van der Waals surface area (Å²) in [6.45, 7) is 4.99. The van der Waals surface area contributed by atoms with Crippen molar-refractivity contribution in [3.8, 4) is 0 Å². The zero-order valence-electron chi connectivity index (χ0n) is 10.8. The smallest absolute Gasteiger partial charge is 0.198 e. The Hall–Kier alpha value is -1.28. The van der Waals surface area contributed by atoms with Crippen LogP contribution in [0.25, 0.3) is 6.08 Å². The first kappa shape index (κ1) is 13.8. The second kappa shape index (κ2) is 8.82. The zero-order valence-corrected chi connectivity index (χ0v) is 10.8. The number of ether oxygens (including phenoxy) is 2. The highest BCUT2D eigenvalue weighted by molar-refractivity contribution is 5.47. The fourth-order valence-electron chi connectivity index (χ4n) is 1.38. The van der Waals surface area contributed by atoms with Crippen LogP contribution in [0.5, 0.6) is 0 Å². The summed E-state index contributed by atoms with van der Waals surface area (Å²) in [5.41, 5.74) is 1.14. The van der Waals surface area contributed by atoms with Crippen molar-refractivity contribution in [2.24, 2.45) is 0 Å². The van der Waals surface area contributed by atoms with Crippen molar-refractivity contribution in [3.63, 3.8) is 0 Å². The molecule has 0 fully saturated rings. The summed E-state index contributed by atoms with van der Waals surface area (Å²) in [6, 6.07) is 10.1. The molecular weight excluding hydrogens is 212 g/mol. The van der Waals surface area contributed by atoms with E-state index in [1.54, 1.807) is 6.26 Å². The molecule has 0 aliphatic carbocycles. The molecule has 0 heterocycles. The van der Waals surface area contributed by atoms with Gasteiger partial charge in [-0.3, -0.25) is 0 Å². The molecule has 0 saturated carbocycles. The highest BCUT2D eigenvalue weighted by atomic mass is 16.7. The maximum atomic E-state index is 5.60. The number of benzene rings is 1. The predicted octanol–water partition coefficient (Wildman–Crippen LogP) is 4.23. The van der Waals surface area contributed by atoms with E-state index in [4.69, 9.17) is 9.47 Å². The van der Waals surface area contributed by atoms with Gasteiger partial charge in [0.25, 0.3) is 0 Å². The highest BCUT2D eigenvalue weighted by Crippen LogP contribution is 2.06. The Morgan fingerprint density at radius 1 is 1.18 bits per heavy atom. The van der Waals surface area contributed by atoms with Gasteiger partial charge in [-0.25, -0.2) is 0 Å². The third-order valence-electron chi connectivity index (χ3n) is 2.43. The van der Waals surface area contributed by atoms with Crippen LogP contribution in [0.15, 0.2) is 36.6 Å². The molecule has 0 N–H and O–H groups in total. The summed E-state index contributed by atoms with van der Waals surface area (Å²) < 4.78 is 11.1. The fraction of sp³-hybridized carbons (Fsp3) is 0.467. The standard InChI is InChI=1S/C15H22O2/c1-3-5-12-16-15(4-2)17-13-11-14-9-7-6-8-10-14/h6-11,13,15H,3-5,12H2,1-2H3. The molecule has 0 amide bonds. The Kier molecular flexibility index (Phi) is 7.15. The van der Waals surface area contributed by atoms with E-state index in [1.165, 1.54) is 0 Å². The normalized spacial score (nSPS) is 12.8. The van der Waals surface area contributed by atoms with Gasteiger partial charge in [0.2, 0.25) is 0 Å². The van der Waals surface area contributed by atoms with Crippen molar-refractivity contribution < 1.29 is 9.47 Å². The van der Waals surface area contributed by atoms with E-state index in [1.807, 2.05) is 36.4 Å². The summed E-state index contributed by atoms with van der Waals surface area (Å²) in [7, 11) is 0. The van der Waals surface area contributed by atoms with Gasteiger partial charge in [-0.2, -0.15) is 0 Å². The molecule has 0 aliphatic heterocycles. The summed E-state index contributed by atoms with van der Waals surface area (Å²) in [4.78, 5) is 0. The molecule has 94 valence electrons. The quantitative estimate of drug-likeness (QED) is 0.381. The van der Waals surface area contributed by atoms with Crippen LogP contribution in [0.3, 0.4) is 0 Å². The third-order valence-corrected chi connectivity index (χ3v) is 2.43. The van der Waals surface area contributed by atoms with Gasteiger partial charge in [0.05, 0.1) is 12.9 Å². The first-order chi connectivity index (χ1) is 8.36. The lowest BCUT2D eigenvalue weighted by atomic mass is 10.2. The van der Waals surface area contributed by atoms with E-state index in [9.17, 15) is 0 Å². The maximum Gasteiger partial charge on any atom is 0.198 e. The summed E-state index contributed by atoms with van der Waals surface area (Å²) in [6.07, 6.45) is 6.64. The lowest BCUT2D eigenvalue weighted by molar-refractivity contribution is -0.107. The van der Waals surface area contributed by atoms with Crippen molar-refractivity contribution in [1.29, 1.82) is 0 Å². The van der Waals surface area contributed by atoms with Gasteiger partial charge >= 0.3 is 0 Å². The van der Waals surface area contributed by atoms with Gasteiger partial charge in [-0.05, 0) is 18.1 Å². The first-order valence-electron chi connectivity index (χ1n) is 6.35. The molecule has 1 atom stereocenters. The SMILES string of the molecule is CCCCOC(CC)OC=Cc1ccccc1. The Bertz CT molecular complexity index is 306. The third kappa shape index (κ3) is 6.12. The van der Waals surface area contributed by atoms with E-state index in [2.05, 4.69) is 13.8 Å². The molecule has 1 unspecified atom stereocenters. The van der Waals surface area contributed by atoms with Gasteiger partial charge in [0.1, 0.15) is 0 Å². The average molecular weight is 234 g/mol. The van der Waals surface area contributed by atoms with Crippen LogP contribution in [0.4, 0.5) is 0 Å². The number of rotatable bonds is 8. The average Bonchev–Trinajstić information content (AvgIpc) is 2.38. The number of hydrogen-bond donors (Lipinski definition) is 0. The van der Waals surface area contributed by atoms with E-state index >= 15 is 0 Å². The van der Waals surface area contributed by atoms with Crippen LogP contribution in [0, 0.1) is 0 Å². The molecule has 1 aromatic rings. The Balaban J connectivity index is 2.29. The van der Waals surface area contributed by atoms with Gasteiger partial charge in [-0.1, -0.05) is 50.6 Å². The Morgan fingerprint density at radius 3 is 2.59 bits per heavy atom. The number of unbranched alkanes of at least 4 members (excludes halogenated alkanes) is 1. The van der Waals surface area contributed by atoms with Crippen molar-refractivity contribution in [2.75, 3.05) is 6.61 Å². The molecule has 0 aromatic heterocycles. The Morgan fingerprint density at radius 2 is 1.94 bits per heavy atom. The summed E-state index contributed by atoms with van der Waals surface area (Å²) >= 11 is 0. The fourth-order valence-corrected chi connectivity index (χ4v) is 1.38. The van der Waals surface area contributed by atoms with E-state index in [-0.39, 0.29) is 6.29 Å². The topological polar surface area (TPSA) is 18.5 Å². The van der Waals surface area contributed by atoms with Gasteiger partial charge in [0.15, 0.2) is 6.29 Å². The van der Waals surface area contributed by atoms with Crippen LogP contribution in [0.1, 0.15) is 38.7 Å². The van der Waals surface area contributed by atoms with Crippen molar-refractivity contribution in [3.05, 3.63) is 42.2 Å². The molecule has 0 aliphatic rings. The number of hydrogen-bond acceptors (Lipinski definition) is 2. The van der Waals surface area contributed by atoms with Crippen LogP contribution in [0.2, 0.25) is 0 Å². The van der Waals surface area contributed by atoms with Crippen LogP contribution < -0.4 is 0 Å². The van der Waals surface area contributed by atoms with E-state index in [0.717, 1.165) is 31.4 Å². The van der Waals surface area contributed by atoms with Crippen molar-refractivity contribution in [1.82, 2.24) is 0 Å². The minimum Gasteiger partial charge on any atom is -0.473 e. The van der Waals surface area contributed by atoms with Gasteiger partial charge in [0, 0.05) is 6.42 Å². The molecule has 1 rings (SSSR count). The second-order valence-corrected chi connectivity index (χ2v) is 3.91. The van der Waals surface area contributed by atoms with E-state index in [0.29, 0.717) is 0 Å². The lowest BCUT2D eigenvalue weighted by Gasteiger charge is -2.15. The minimum atomic E-state index is -0.124. The van der Waals surface area contributed by atoms with Crippen LogP contribution in [-0.2, 0) is 9.47 Å². The molecule has 0 spiro atoms. The van der Waals surface area contributed by atoms with E-state index < -0.39 is 0 Å². The molecule has 1 aromatic carbocycles. The van der Waals surface area contributed by atoms with Crippen molar-refractivity contribution in [2.45, 2.75) is 39.4 Å². The zero-order chi connectivity index (χ0) is 12.3. The predicted molar refractivity (Wildman–Crippen MR) is 71.5 cm³/mol. The summed E-state index contributed by atoms with van der Waals surface area (Å²) in [5, 5.41) is 0. The minimum absolute atomic E-state index is 0.124. The largest absolute Gasteiger partial charge is 0.473 e. The molecular formula is C15H22O2. The molecule has 0 saturated heterocycles. The molecule has 0 radical (unpaired) electrons. The highest BCUT2D eigenvalue weighted by Gasteiger charge is 2.03. The second-order valence-electron chi connectivity index (χ2n) is 3.91. The van der Waals surface area contributed by atoms with Crippen LogP contribution in [-0.4, -0.2) is 12.9 Å². The Labute approximate surface area is 104 Å². The monoisotopic (exact) mass is 234 g/mol. The van der Waals surface area contributed by atoms with Gasteiger partial charge < -0.3 is 9.47 Å².